The summed E-state index contributed by atoms with van der Waals surface area (Å²) in [4.78, 5) is 12.3. The molecule has 2 atom stereocenters. The molecule has 0 aromatic heterocycles. The van der Waals surface area contributed by atoms with Gasteiger partial charge in [0.1, 0.15) is 0 Å². The number of carbonyl (C=O) groups excluding carboxylic acids is 1. The molecule has 0 saturated carbocycles. The van der Waals surface area contributed by atoms with Gasteiger partial charge in [0.15, 0.2) is 0 Å². The molecule has 0 aromatic carbocycles. The normalized spacial score (nSPS) is 32.0. The Morgan fingerprint density at radius 3 is 2.64 bits per heavy atom. The molecule has 0 spiro atoms. The van der Waals surface area contributed by atoms with Crippen LogP contribution in [0.1, 0.15) is 13.3 Å². The third-order valence-electron chi connectivity index (χ3n) is 2.00. The van der Waals surface area contributed by atoms with Crippen molar-refractivity contribution in [2.24, 2.45) is 17.4 Å². The van der Waals surface area contributed by atoms with Crippen LogP contribution in [0.5, 0.6) is 0 Å². The molecule has 0 aliphatic carbocycles. The van der Waals surface area contributed by atoms with E-state index in [1.54, 1.807) is 4.90 Å². The predicted octanol–water partition coefficient (Wildman–Crippen LogP) is -0.266. The second-order valence-corrected chi connectivity index (χ2v) is 3.34. The molecule has 1 aliphatic rings. The molecule has 64 valence electrons. The van der Waals surface area contributed by atoms with Gasteiger partial charge in [-0.05, 0) is 12.3 Å². The number of primary amides is 1. The number of carbonyl (C=O) groups is 1. The van der Waals surface area contributed by atoms with E-state index in [1.165, 1.54) is 0 Å². The number of rotatable bonds is 0. The van der Waals surface area contributed by atoms with Crippen molar-refractivity contribution in [3.05, 3.63) is 0 Å². The number of likely N-dealkylation sites (tertiary alicyclic amines) is 1. The maximum atomic E-state index is 10.7. The van der Waals surface area contributed by atoms with Crippen LogP contribution in [0.2, 0.25) is 0 Å². The van der Waals surface area contributed by atoms with Gasteiger partial charge in [0.05, 0.1) is 0 Å². The predicted molar refractivity (Wildman–Crippen MR) is 42.9 cm³/mol. The van der Waals surface area contributed by atoms with Crippen molar-refractivity contribution in [2.45, 2.75) is 19.4 Å². The minimum atomic E-state index is -0.355. The molecule has 1 fully saturated rings. The first kappa shape index (κ1) is 8.33. The third kappa shape index (κ3) is 2.08. The van der Waals surface area contributed by atoms with E-state index >= 15 is 0 Å². The van der Waals surface area contributed by atoms with Crippen LogP contribution < -0.4 is 11.5 Å². The number of hydrogen-bond acceptors (Lipinski definition) is 2. The molecule has 11 heavy (non-hydrogen) atoms. The number of hydrogen-bond donors (Lipinski definition) is 2. The number of piperidine rings is 1. The Morgan fingerprint density at radius 2 is 2.18 bits per heavy atom. The molecular formula is C7H15N3O. The van der Waals surface area contributed by atoms with E-state index in [1.807, 2.05) is 0 Å². The molecule has 4 N–H and O–H groups in total. The van der Waals surface area contributed by atoms with Gasteiger partial charge < -0.3 is 16.4 Å². The van der Waals surface area contributed by atoms with E-state index in [0.717, 1.165) is 13.0 Å². The Kier molecular flexibility index (Phi) is 2.34. The van der Waals surface area contributed by atoms with Crippen molar-refractivity contribution in [3.8, 4) is 0 Å². The van der Waals surface area contributed by atoms with E-state index in [0.29, 0.717) is 12.5 Å². The molecule has 4 nitrogen and oxygen atoms in total. The van der Waals surface area contributed by atoms with Gasteiger partial charge in [-0.2, -0.15) is 0 Å². The van der Waals surface area contributed by atoms with Crippen molar-refractivity contribution in [1.29, 1.82) is 0 Å². The Bertz CT molecular complexity index is 150. The van der Waals surface area contributed by atoms with Crippen LogP contribution in [0.25, 0.3) is 0 Å². The first-order valence-electron chi connectivity index (χ1n) is 3.89. The number of urea groups is 1. The quantitative estimate of drug-likeness (QED) is 0.508. The Hall–Kier alpha value is -0.770. The van der Waals surface area contributed by atoms with Crippen molar-refractivity contribution < 1.29 is 4.79 Å². The summed E-state index contributed by atoms with van der Waals surface area (Å²) in [5, 5.41) is 0. The lowest BCUT2D eigenvalue weighted by Gasteiger charge is -2.33. The van der Waals surface area contributed by atoms with Crippen LogP contribution in [0.3, 0.4) is 0 Å². The molecule has 0 aromatic rings. The fourth-order valence-corrected chi connectivity index (χ4v) is 1.58. The number of nitrogens with zero attached hydrogens (tertiary/aromatic N) is 1. The third-order valence-corrected chi connectivity index (χ3v) is 2.00. The molecule has 1 heterocycles. The topological polar surface area (TPSA) is 72.3 Å². The molecule has 0 bridgehead atoms. The summed E-state index contributed by atoms with van der Waals surface area (Å²) in [7, 11) is 0. The van der Waals surface area contributed by atoms with Gasteiger partial charge >= 0.3 is 6.03 Å². The molecule has 0 unspecified atom stereocenters. The highest BCUT2D eigenvalue weighted by Crippen LogP contribution is 2.13. The minimum Gasteiger partial charge on any atom is -0.351 e. The first-order valence-corrected chi connectivity index (χ1v) is 3.89. The van der Waals surface area contributed by atoms with Gasteiger partial charge in [0.2, 0.25) is 0 Å². The van der Waals surface area contributed by atoms with Gasteiger partial charge in [0, 0.05) is 19.1 Å². The van der Waals surface area contributed by atoms with Crippen LogP contribution in [0.15, 0.2) is 0 Å². The molecule has 0 radical (unpaired) electrons. The maximum absolute atomic E-state index is 10.7. The Morgan fingerprint density at radius 1 is 1.55 bits per heavy atom. The molecule has 2 amide bonds. The lowest BCUT2D eigenvalue weighted by Crippen LogP contribution is -2.50. The van der Waals surface area contributed by atoms with Gasteiger partial charge in [-0.25, -0.2) is 4.79 Å². The maximum Gasteiger partial charge on any atom is 0.314 e. The fraction of sp³-hybridized carbons (Fsp3) is 0.857. The smallest absolute Gasteiger partial charge is 0.314 e. The highest BCUT2D eigenvalue weighted by atomic mass is 16.2. The monoisotopic (exact) mass is 157 g/mol. The number of nitrogens with two attached hydrogens (primary N) is 2. The van der Waals surface area contributed by atoms with E-state index in [9.17, 15) is 4.79 Å². The van der Waals surface area contributed by atoms with Crippen LogP contribution in [0, 0.1) is 5.92 Å². The van der Waals surface area contributed by atoms with Crippen LogP contribution in [0.4, 0.5) is 4.79 Å². The van der Waals surface area contributed by atoms with Gasteiger partial charge in [-0.15, -0.1) is 0 Å². The van der Waals surface area contributed by atoms with Crippen LogP contribution in [-0.4, -0.2) is 30.1 Å². The van der Waals surface area contributed by atoms with Crippen LogP contribution >= 0.6 is 0 Å². The summed E-state index contributed by atoms with van der Waals surface area (Å²) in [6, 6.07) is -0.252. The van der Waals surface area contributed by atoms with Crippen molar-refractivity contribution in [2.75, 3.05) is 13.1 Å². The van der Waals surface area contributed by atoms with Crippen molar-refractivity contribution in [1.82, 2.24) is 4.90 Å². The molecular weight excluding hydrogens is 142 g/mol. The fourth-order valence-electron chi connectivity index (χ4n) is 1.58. The van der Waals surface area contributed by atoms with Gasteiger partial charge in [-0.3, -0.25) is 0 Å². The van der Waals surface area contributed by atoms with E-state index in [4.69, 9.17) is 11.5 Å². The van der Waals surface area contributed by atoms with Crippen molar-refractivity contribution in [3.63, 3.8) is 0 Å². The second kappa shape index (κ2) is 3.09. The lowest BCUT2D eigenvalue weighted by molar-refractivity contribution is 0.168. The zero-order valence-corrected chi connectivity index (χ0v) is 6.79. The van der Waals surface area contributed by atoms with Gasteiger partial charge in [-0.1, -0.05) is 6.92 Å². The van der Waals surface area contributed by atoms with Crippen molar-refractivity contribution >= 4 is 6.03 Å². The largest absolute Gasteiger partial charge is 0.351 e. The molecule has 1 aliphatic heterocycles. The summed E-state index contributed by atoms with van der Waals surface area (Å²) in [6.07, 6.45) is 0.990. The zero-order chi connectivity index (χ0) is 8.43. The lowest BCUT2D eigenvalue weighted by atomic mass is 9.97. The van der Waals surface area contributed by atoms with E-state index in [-0.39, 0.29) is 12.1 Å². The minimum absolute atomic E-state index is 0.103. The highest BCUT2D eigenvalue weighted by Gasteiger charge is 2.23. The molecule has 4 heteroatoms. The second-order valence-electron chi connectivity index (χ2n) is 3.34. The van der Waals surface area contributed by atoms with Crippen LogP contribution in [-0.2, 0) is 0 Å². The number of amides is 2. The molecule has 1 rings (SSSR count). The Labute approximate surface area is 66.5 Å². The summed E-state index contributed by atoms with van der Waals surface area (Å²) in [5.74, 6) is 0.478. The standard InChI is InChI=1S/C7H15N3O/c1-5-2-6(8)4-10(3-5)7(9)11/h5-6H,2-4,8H2,1H3,(H2,9,11)/t5-,6+/m0/s1. The zero-order valence-electron chi connectivity index (χ0n) is 6.79. The highest BCUT2D eigenvalue weighted by molar-refractivity contribution is 5.72. The average molecular weight is 157 g/mol. The van der Waals surface area contributed by atoms with E-state index in [2.05, 4.69) is 6.92 Å². The SMILES string of the molecule is C[C@H]1C[C@@H](N)CN(C(N)=O)C1. The average Bonchev–Trinajstić information content (AvgIpc) is 1.85. The van der Waals surface area contributed by atoms with Gasteiger partial charge in [0.25, 0.3) is 0 Å². The molecule has 1 saturated heterocycles. The first-order chi connectivity index (χ1) is 5.09. The van der Waals surface area contributed by atoms with E-state index < -0.39 is 0 Å². The summed E-state index contributed by atoms with van der Waals surface area (Å²) in [5.41, 5.74) is 10.8. The summed E-state index contributed by atoms with van der Waals surface area (Å²) < 4.78 is 0. The summed E-state index contributed by atoms with van der Waals surface area (Å²) in [6.45, 7) is 3.44. The summed E-state index contributed by atoms with van der Waals surface area (Å²) >= 11 is 0. The Balaban J connectivity index is 2.49.